The summed E-state index contributed by atoms with van der Waals surface area (Å²) in [5.41, 5.74) is 0.789. The van der Waals surface area contributed by atoms with E-state index in [2.05, 4.69) is 15.4 Å². The van der Waals surface area contributed by atoms with Gasteiger partial charge in [0.1, 0.15) is 6.54 Å². The second kappa shape index (κ2) is 6.31. The smallest absolute Gasteiger partial charge is 0.390 e. The van der Waals surface area contributed by atoms with Crippen molar-refractivity contribution >= 4 is 23.5 Å². The van der Waals surface area contributed by atoms with Crippen molar-refractivity contribution in [1.82, 2.24) is 20.1 Å². The van der Waals surface area contributed by atoms with Crippen molar-refractivity contribution in [3.8, 4) is 0 Å². The van der Waals surface area contributed by atoms with Gasteiger partial charge in [0.25, 0.3) is 0 Å². The van der Waals surface area contributed by atoms with Crippen LogP contribution in [0, 0.1) is 10.1 Å². The number of carbonyl (C=O) groups excluding carboxylic acids is 1. The Labute approximate surface area is 124 Å². The van der Waals surface area contributed by atoms with Gasteiger partial charge in [-0.1, -0.05) is 34.8 Å². The highest BCUT2D eigenvalue weighted by atomic mass is 35.5. The van der Waals surface area contributed by atoms with Crippen molar-refractivity contribution in [3.05, 3.63) is 51.3 Å². The number of nitrogens with one attached hydrogen (secondary N) is 1. The summed E-state index contributed by atoms with van der Waals surface area (Å²) in [6, 6.07) is 6.89. The first-order chi connectivity index (χ1) is 9.97. The van der Waals surface area contributed by atoms with Crippen LogP contribution in [0.2, 0.25) is 5.02 Å². The lowest BCUT2D eigenvalue weighted by atomic mass is 10.1. The van der Waals surface area contributed by atoms with Crippen molar-refractivity contribution in [3.63, 3.8) is 0 Å². The summed E-state index contributed by atoms with van der Waals surface area (Å²) in [4.78, 5) is 25.1. The molecule has 0 radical (unpaired) electrons. The van der Waals surface area contributed by atoms with E-state index in [1.807, 2.05) is 12.1 Å². The molecular weight excluding hydrogens is 298 g/mol. The Bertz CT molecular complexity index is 672. The molecule has 21 heavy (non-hydrogen) atoms. The number of amides is 1. The average molecular weight is 310 g/mol. The Balaban J connectivity index is 1.98. The summed E-state index contributed by atoms with van der Waals surface area (Å²) in [5.74, 6) is -0.885. The molecule has 0 bridgehead atoms. The van der Waals surface area contributed by atoms with Crippen molar-refractivity contribution in [2.24, 2.45) is 0 Å². The summed E-state index contributed by atoms with van der Waals surface area (Å²) in [6.45, 7) is 1.64. The van der Waals surface area contributed by atoms with Crippen LogP contribution in [0.5, 0.6) is 0 Å². The Morgan fingerprint density at radius 3 is 2.86 bits per heavy atom. The summed E-state index contributed by atoms with van der Waals surface area (Å²) in [5, 5.41) is 17.3. The number of rotatable bonds is 5. The molecule has 9 heteroatoms. The predicted molar refractivity (Wildman–Crippen MR) is 74.7 cm³/mol. The molecule has 1 aromatic carbocycles. The molecule has 1 heterocycles. The number of aromatic nitrogens is 3. The third kappa shape index (κ3) is 3.76. The maximum absolute atomic E-state index is 11.9. The fraction of sp³-hybridized carbons (Fsp3) is 0.250. The summed E-state index contributed by atoms with van der Waals surface area (Å²) < 4.78 is 1.10. The fourth-order valence-electron chi connectivity index (χ4n) is 1.78. The van der Waals surface area contributed by atoms with Gasteiger partial charge in [0.15, 0.2) is 0 Å². The molecule has 0 unspecified atom stereocenters. The van der Waals surface area contributed by atoms with Gasteiger partial charge in [-0.05, 0) is 23.5 Å². The van der Waals surface area contributed by atoms with Crippen LogP contribution in [0.25, 0.3) is 0 Å². The minimum atomic E-state index is -0.721. The zero-order chi connectivity index (χ0) is 15.4. The minimum Gasteiger partial charge on any atom is -0.390 e. The van der Waals surface area contributed by atoms with Crippen LogP contribution >= 0.6 is 11.6 Å². The van der Waals surface area contributed by atoms with E-state index in [9.17, 15) is 14.9 Å². The molecule has 0 saturated carbocycles. The third-order valence-corrected chi connectivity index (χ3v) is 3.09. The lowest BCUT2D eigenvalue weighted by molar-refractivity contribution is -0.394. The van der Waals surface area contributed by atoms with Gasteiger partial charge in [0.2, 0.25) is 12.2 Å². The molecule has 0 fully saturated rings. The number of benzene rings is 1. The van der Waals surface area contributed by atoms with Crippen LogP contribution in [0.3, 0.4) is 0 Å². The molecule has 1 aromatic heterocycles. The normalized spacial score (nSPS) is 11.9. The highest BCUT2D eigenvalue weighted by Gasteiger charge is 2.17. The number of nitrogens with zero attached hydrogens (tertiary/aromatic N) is 4. The Morgan fingerprint density at radius 2 is 2.24 bits per heavy atom. The molecule has 2 rings (SSSR count). The molecule has 0 spiro atoms. The topological polar surface area (TPSA) is 103 Å². The molecule has 110 valence electrons. The van der Waals surface area contributed by atoms with E-state index in [0.29, 0.717) is 5.02 Å². The van der Waals surface area contributed by atoms with Crippen LogP contribution in [-0.2, 0) is 11.3 Å². The van der Waals surface area contributed by atoms with E-state index in [-0.39, 0.29) is 18.5 Å². The van der Waals surface area contributed by atoms with Gasteiger partial charge in [-0.3, -0.25) is 4.79 Å². The van der Waals surface area contributed by atoms with E-state index < -0.39 is 10.9 Å². The molecular formula is C12H12ClN5O3. The van der Waals surface area contributed by atoms with E-state index in [1.54, 1.807) is 19.1 Å². The second-order valence-electron chi connectivity index (χ2n) is 4.31. The quantitative estimate of drug-likeness (QED) is 0.669. The molecule has 1 N–H and O–H groups in total. The molecule has 2 aromatic rings. The summed E-state index contributed by atoms with van der Waals surface area (Å²) in [6.07, 6.45) is 1.14. The molecule has 1 amide bonds. The Hall–Kier alpha value is -2.48. The van der Waals surface area contributed by atoms with Crippen LogP contribution in [0.1, 0.15) is 18.5 Å². The van der Waals surface area contributed by atoms with Gasteiger partial charge in [-0.25, -0.2) is 0 Å². The molecule has 0 aliphatic carbocycles. The number of halogens is 1. The predicted octanol–water partition coefficient (Wildman–Crippen LogP) is 1.72. The maximum atomic E-state index is 11.9. The van der Waals surface area contributed by atoms with Crippen molar-refractivity contribution in [1.29, 1.82) is 0 Å². The average Bonchev–Trinajstić information content (AvgIpc) is 2.87. The second-order valence-corrected chi connectivity index (χ2v) is 4.72. The summed E-state index contributed by atoms with van der Waals surface area (Å²) in [7, 11) is 0. The van der Waals surface area contributed by atoms with Crippen LogP contribution in [0.15, 0.2) is 30.6 Å². The van der Waals surface area contributed by atoms with Crippen LogP contribution < -0.4 is 5.32 Å². The minimum absolute atomic E-state index is 0.157. The zero-order valence-electron chi connectivity index (χ0n) is 11.1. The van der Waals surface area contributed by atoms with Gasteiger partial charge in [-0.15, -0.1) is 0 Å². The molecule has 8 nitrogen and oxygen atoms in total. The Kier molecular flexibility index (Phi) is 4.49. The molecule has 1 atom stereocenters. The summed E-state index contributed by atoms with van der Waals surface area (Å²) >= 11 is 6.05. The van der Waals surface area contributed by atoms with E-state index in [1.165, 1.54) is 0 Å². The first kappa shape index (κ1) is 14.9. The number of nitro groups is 1. The van der Waals surface area contributed by atoms with E-state index in [0.717, 1.165) is 16.6 Å². The van der Waals surface area contributed by atoms with Gasteiger partial charge in [-0.2, -0.15) is 4.68 Å². The van der Waals surface area contributed by atoms with Crippen molar-refractivity contribution in [2.75, 3.05) is 0 Å². The van der Waals surface area contributed by atoms with Crippen molar-refractivity contribution < 1.29 is 9.72 Å². The Morgan fingerprint density at radius 1 is 1.52 bits per heavy atom. The lowest BCUT2D eigenvalue weighted by Crippen LogP contribution is -2.30. The first-order valence-corrected chi connectivity index (χ1v) is 6.43. The fourth-order valence-corrected chi connectivity index (χ4v) is 2.08. The highest BCUT2D eigenvalue weighted by Crippen LogP contribution is 2.21. The van der Waals surface area contributed by atoms with Gasteiger partial charge < -0.3 is 15.4 Å². The molecule has 0 aliphatic heterocycles. The van der Waals surface area contributed by atoms with Crippen LogP contribution in [0.4, 0.5) is 5.95 Å². The SMILES string of the molecule is C[C@@H](NC(=O)Cn1cnc([N+](=O)[O-])n1)c1ccccc1Cl. The number of hydrogen-bond acceptors (Lipinski definition) is 5. The van der Waals surface area contributed by atoms with E-state index in [4.69, 9.17) is 11.6 Å². The molecule has 0 aliphatic rings. The lowest BCUT2D eigenvalue weighted by Gasteiger charge is -2.15. The largest absolute Gasteiger partial charge is 0.490 e. The zero-order valence-corrected chi connectivity index (χ0v) is 11.8. The first-order valence-electron chi connectivity index (χ1n) is 6.05. The van der Waals surface area contributed by atoms with Crippen LogP contribution in [-0.4, -0.2) is 25.6 Å². The van der Waals surface area contributed by atoms with Crippen molar-refractivity contribution in [2.45, 2.75) is 19.5 Å². The third-order valence-electron chi connectivity index (χ3n) is 2.74. The molecule has 0 saturated heterocycles. The monoisotopic (exact) mass is 309 g/mol. The number of carbonyl (C=O) groups is 1. The van der Waals surface area contributed by atoms with Gasteiger partial charge in [0, 0.05) is 10.1 Å². The number of hydrogen-bond donors (Lipinski definition) is 1. The van der Waals surface area contributed by atoms with Gasteiger partial charge >= 0.3 is 5.95 Å². The van der Waals surface area contributed by atoms with Gasteiger partial charge in [0.05, 0.1) is 6.04 Å². The van der Waals surface area contributed by atoms with E-state index >= 15 is 0 Å². The standard InChI is InChI=1S/C12H12ClN5O3/c1-8(9-4-2-3-5-10(9)13)15-11(19)6-17-7-14-12(16-17)18(20)21/h2-5,7-8H,6H2,1H3,(H,15,19)/t8-/m1/s1. The maximum Gasteiger partial charge on any atom is 0.490 e. The highest BCUT2D eigenvalue weighted by molar-refractivity contribution is 6.31.